The number of carbonyl (C=O) groups excluding carboxylic acids is 1. The number of aliphatic hydroxyl groups excluding tert-OH is 1. The number of anilines is 1. The molecule has 1 aliphatic heterocycles. The Morgan fingerprint density at radius 1 is 1.56 bits per heavy atom. The second-order valence-electron chi connectivity index (χ2n) is 4.47. The smallest absolute Gasteiger partial charge is 0.227 e. The summed E-state index contributed by atoms with van der Waals surface area (Å²) in [5.41, 5.74) is 0.745. The Bertz CT molecular complexity index is 464. The van der Waals surface area contributed by atoms with Gasteiger partial charge in [-0.3, -0.25) is 4.79 Å². The minimum absolute atomic E-state index is 0.0154. The van der Waals surface area contributed by atoms with Crippen molar-refractivity contribution in [1.82, 2.24) is 0 Å². The number of benzene rings is 1. The first kappa shape index (κ1) is 13.2. The van der Waals surface area contributed by atoms with Gasteiger partial charge in [-0.2, -0.15) is 0 Å². The number of ether oxygens (including phenoxy) is 1. The summed E-state index contributed by atoms with van der Waals surface area (Å²) in [6, 6.07) is 5.24. The Hall–Kier alpha value is -1.26. The van der Waals surface area contributed by atoms with Crippen molar-refractivity contribution in [3.8, 4) is 5.75 Å². The molecule has 5 heteroatoms. The molecule has 1 amide bonds. The van der Waals surface area contributed by atoms with Crippen LogP contribution in [-0.4, -0.2) is 30.8 Å². The number of nitrogens with zero attached hydrogens (tertiary/aromatic N) is 1. The SMILES string of the molecule is COc1ccc(N2C(=O)CC(CO)C2C)cc1Cl. The molecule has 0 bridgehead atoms. The fourth-order valence-corrected chi connectivity index (χ4v) is 2.58. The fourth-order valence-electron chi connectivity index (χ4n) is 2.33. The van der Waals surface area contributed by atoms with Gasteiger partial charge >= 0.3 is 0 Å². The topological polar surface area (TPSA) is 49.8 Å². The minimum atomic E-state index is -0.0213. The van der Waals surface area contributed by atoms with Crippen LogP contribution in [0.1, 0.15) is 13.3 Å². The van der Waals surface area contributed by atoms with E-state index in [1.54, 1.807) is 30.2 Å². The molecule has 0 saturated carbocycles. The summed E-state index contributed by atoms with van der Waals surface area (Å²) in [6.07, 6.45) is 0.376. The maximum Gasteiger partial charge on any atom is 0.227 e. The molecular formula is C13H16ClNO3. The minimum Gasteiger partial charge on any atom is -0.495 e. The Labute approximate surface area is 111 Å². The molecule has 0 aliphatic carbocycles. The normalized spacial score (nSPS) is 23.6. The second kappa shape index (κ2) is 5.16. The molecule has 4 nitrogen and oxygen atoms in total. The van der Waals surface area contributed by atoms with Crippen LogP contribution in [0.5, 0.6) is 5.75 Å². The fraction of sp³-hybridized carbons (Fsp3) is 0.462. The number of halogens is 1. The van der Waals surface area contributed by atoms with Gasteiger partial charge in [-0.1, -0.05) is 11.6 Å². The predicted molar refractivity (Wildman–Crippen MR) is 70.1 cm³/mol. The van der Waals surface area contributed by atoms with E-state index in [0.717, 1.165) is 5.69 Å². The standard InChI is InChI=1S/C13H16ClNO3/c1-8-9(7-16)5-13(17)15(8)10-3-4-12(18-2)11(14)6-10/h3-4,6,8-9,16H,5,7H2,1-2H3. The Morgan fingerprint density at radius 3 is 2.78 bits per heavy atom. The largest absolute Gasteiger partial charge is 0.495 e. The quantitative estimate of drug-likeness (QED) is 0.914. The molecule has 0 radical (unpaired) electrons. The van der Waals surface area contributed by atoms with Crippen LogP contribution in [0.2, 0.25) is 5.02 Å². The number of aliphatic hydroxyl groups is 1. The predicted octanol–water partition coefficient (Wildman–Crippen LogP) is 2.08. The second-order valence-corrected chi connectivity index (χ2v) is 4.88. The van der Waals surface area contributed by atoms with Gasteiger partial charge in [-0.05, 0) is 25.1 Å². The lowest BCUT2D eigenvalue weighted by Crippen LogP contribution is -2.33. The third-order valence-electron chi connectivity index (χ3n) is 3.44. The zero-order valence-corrected chi connectivity index (χ0v) is 11.1. The molecule has 1 fully saturated rings. The Kier molecular flexibility index (Phi) is 3.78. The van der Waals surface area contributed by atoms with E-state index < -0.39 is 0 Å². The summed E-state index contributed by atoms with van der Waals surface area (Å²) in [5.74, 6) is 0.583. The molecule has 98 valence electrons. The highest BCUT2D eigenvalue weighted by atomic mass is 35.5. The van der Waals surface area contributed by atoms with Crippen molar-refractivity contribution < 1.29 is 14.6 Å². The number of hydrogen-bond acceptors (Lipinski definition) is 3. The van der Waals surface area contributed by atoms with Gasteiger partial charge in [0, 0.05) is 30.7 Å². The molecule has 1 aromatic rings. The van der Waals surface area contributed by atoms with Crippen LogP contribution in [0.25, 0.3) is 0 Å². The van der Waals surface area contributed by atoms with Gasteiger partial charge in [0.15, 0.2) is 0 Å². The summed E-state index contributed by atoms with van der Waals surface area (Å²) >= 11 is 6.06. The van der Waals surface area contributed by atoms with Crippen molar-refractivity contribution in [2.24, 2.45) is 5.92 Å². The summed E-state index contributed by atoms with van der Waals surface area (Å²) in [6.45, 7) is 1.96. The van der Waals surface area contributed by atoms with Crippen LogP contribution in [-0.2, 0) is 4.79 Å². The number of carbonyl (C=O) groups is 1. The first-order valence-electron chi connectivity index (χ1n) is 5.85. The molecule has 2 atom stereocenters. The number of rotatable bonds is 3. The van der Waals surface area contributed by atoms with Crippen molar-refractivity contribution in [3.63, 3.8) is 0 Å². The van der Waals surface area contributed by atoms with Crippen LogP contribution in [0.15, 0.2) is 18.2 Å². The third kappa shape index (κ3) is 2.18. The lowest BCUT2D eigenvalue weighted by molar-refractivity contribution is -0.117. The number of amides is 1. The van der Waals surface area contributed by atoms with E-state index in [0.29, 0.717) is 17.2 Å². The number of hydrogen-bond donors (Lipinski definition) is 1. The van der Waals surface area contributed by atoms with Gasteiger partial charge in [-0.25, -0.2) is 0 Å². The van der Waals surface area contributed by atoms with E-state index in [9.17, 15) is 9.90 Å². The zero-order valence-electron chi connectivity index (χ0n) is 10.4. The molecule has 1 heterocycles. The van der Waals surface area contributed by atoms with Crippen molar-refractivity contribution in [3.05, 3.63) is 23.2 Å². The maximum atomic E-state index is 12.0. The number of methoxy groups -OCH3 is 1. The molecule has 1 aliphatic rings. The van der Waals surface area contributed by atoms with Gasteiger partial charge < -0.3 is 14.7 Å². The molecule has 1 aromatic carbocycles. The van der Waals surface area contributed by atoms with Gasteiger partial charge in [0.25, 0.3) is 0 Å². The third-order valence-corrected chi connectivity index (χ3v) is 3.74. The van der Waals surface area contributed by atoms with Crippen molar-refractivity contribution in [2.45, 2.75) is 19.4 Å². The van der Waals surface area contributed by atoms with Gasteiger partial charge in [0.1, 0.15) is 5.75 Å². The highest BCUT2D eigenvalue weighted by Gasteiger charge is 2.37. The average Bonchev–Trinajstić information content (AvgIpc) is 2.64. The molecule has 2 unspecified atom stereocenters. The van der Waals surface area contributed by atoms with Crippen LogP contribution < -0.4 is 9.64 Å². The van der Waals surface area contributed by atoms with E-state index in [-0.39, 0.29) is 24.5 Å². The maximum absolute atomic E-state index is 12.0. The molecule has 0 spiro atoms. The molecule has 0 aromatic heterocycles. The van der Waals surface area contributed by atoms with E-state index >= 15 is 0 Å². The van der Waals surface area contributed by atoms with E-state index in [4.69, 9.17) is 16.3 Å². The molecule has 1 saturated heterocycles. The highest BCUT2D eigenvalue weighted by molar-refractivity contribution is 6.32. The van der Waals surface area contributed by atoms with Crippen molar-refractivity contribution in [2.75, 3.05) is 18.6 Å². The van der Waals surface area contributed by atoms with Crippen molar-refractivity contribution in [1.29, 1.82) is 0 Å². The van der Waals surface area contributed by atoms with Crippen LogP contribution >= 0.6 is 11.6 Å². The van der Waals surface area contributed by atoms with Gasteiger partial charge in [0.2, 0.25) is 5.91 Å². The van der Waals surface area contributed by atoms with E-state index in [1.807, 2.05) is 6.92 Å². The summed E-state index contributed by atoms with van der Waals surface area (Å²) in [7, 11) is 1.55. The average molecular weight is 270 g/mol. The first-order chi connectivity index (χ1) is 8.58. The Morgan fingerprint density at radius 2 is 2.28 bits per heavy atom. The monoisotopic (exact) mass is 269 g/mol. The molecule has 1 N–H and O–H groups in total. The van der Waals surface area contributed by atoms with Crippen LogP contribution in [0.4, 0.5) is 5.69 Å². The molecular weight excluding hydrogens is 254 g/mol. The highest BCUT2D eigenvalue weighted by Crippen LogP contribution is 2.34. The van der Waals surface area contributed by atoms with Gasteiger partial charge in [0.05, 0.1) is 12.1 Å². The Balaban J connectivity index is 2.31. The molecule has 18 heavy (non-hydrogen) atoms. The van der Waals surface area contributed by atoms with Crippen LogP contribution in [0.3, 0.4) is 0 Å². The van der Waals surface area contributed by atoms with E-state index in [2.05, 4.69) is 0 Å². The first-order valence-corrected chi connectivity index (χ1v) is 6.22. The zero-order chi connectivity index (χ0) is 13.3. The van der Waals surface area contributed by atoms with E-state index in [1.165, 1.54) is 0 Å². The lowest BCUT2D eigenvalue weighted by atomic mass is 10.0. The molecule has 2 rings (SSSR count). The van der Waals surface area contributed by atoms with Crippen molar-refractivity contribution >= 4 is 23.2 Å². The van der Waals surface area contributed by atoms with Gasteiger partial charge in [-0.15, -0.1) is 0 Å². The summed E-state index contributed by atoms with van der Waals surface area (Å²) in [5, 5.41) is 9.71. The summed E-state index contributed by atoms with van der Waals surface area (Å²) in [4.78, 5) is 13.6. The summed E-state index contributed by atoms with van der Waals surface area (Å²) < 4.78 is 5.08. The lowest BCUT2D eigenvalue weighted by Gasteiger charge is -2.24. The van der Waals surface area contributed by atoms with Crippen LogP contribution in [0, 0.1) is 5.92 Å².